The van der Waals surface area contributed by atoms with Gasteiger partial charge in [-0.25, -0.2) is 9.59 Å². The van der Waals surface area contributed by atoms with Crippen LogP contribution < -0.4 is 10.6 Å². The molecule has 2 N–H and O–H groups in total. The normalized spacial score (nSPS) is 31.9. The van der Waals surface area contributed by atoms with Crippen molar-refractivity contribution in [3.63, 3.8) is 0 Å². The number of carbonyl (C=O) groups excluding carboxylic acids is 4. The van der Waals surface area contributed by atoms with Crippen molar-refractivity contribution in [1.29, 1.82) is 0 Å². The fourth-order valence-electron chi connectivity index (χ4n) is 5.19. The highest BCUT2D eigenvalue weighted by Crippen LogP contribution is 2.31. The van der Waals surface area contributed by atoms with Crippen LogP contribution in [0.25, 0.3) is 0 Å². The summed E-state index contributed by atoms with van der Waals surface area (Å²) in [6, 6.07) is 0.0490. The van der Waals surface area contributed by atoms with Crippen molar-refractivity contribution in [3.8, 4) is 0 Å². The molecule has 0 spiro atoms. The maximum absolute atomic E-state index is 11.8. The lowest BCUT2D eigenvalue weighted by molar-refractivity contribution is -0.142. The Balaban J connectivity index is 0.000000201. The minimum absolute atomic E-state index is 0.0245. The number of carbonyl (C=O) groups is 4. The zero-order valence-corrected chi connectivity index (χ0v) is 22.4. The van der Waals surface area contributed by atoms with Gasteiger partial charge in [-0.2, -0.15) is 0 Å². The van der Waals surface area contributed by atoms with Crippen molar-refractivity contribution in [2.24, 2.45) is 23.7 Å². The fourth-order valence-corrected chi connectivity index (χ4v) is 5.19. The Bertz CT molecular complexity index is 731. The molecule has 4 fully saturated rings. The van der Waals surface area contributed by atoms with Crippen LogP contribution in [-0.2, 0) is 28.5 Å². The Morgan fingerprint density at radius 3 is 1.17 bits per heavy atom. The van der Waals surface area contributed by atoms with E-state index in [1.807, 2.05) is 41.5 Å². The van der Waals surface area contributed by atoms with Crippen LogP contribution >= 0.6 is 0 Å². The van der Waals surface area contributed by atoms with Crippen LogP contribution in [0.1, 0.15) is 67.2 Å². The second-order valence-corrected chi connectivity index (χ2v) is 12.3. The molecule has 4 rings (SSSR count). The molecule has 0 aromatic heterocycles. The highest BCUT2D eigenvalue weighted by atomic mass is 16.6. The van der Waals surface area contributed by atoms with Crippen molar-refractivity contribution >= 4 is 23.8 Å². The Labute approximate surface area is 213 Å². The maximum Gasteiger partial charge on any atom is 0.407 e. The average Bonchev–Trinajstić information content (AvgIpc) is 2.67. The second kappa shape index (κ2) is 11.5. The van der Waals surface area contributed by atoms with E-state index in [1.54, 1.807) is 0 Å². The van der Waals surface area contributed by atoms with E-state index in [2.05, 4.69) is 10.6 Å². The van der Waals surface area contributed by atoms with Gasteiger partial charge in [-0.3, -0.25) is 9.59 Å². The minimum atomic E-state index is -0.493. The molecule has 2 aliphatic carbocycles. The van der Waals surface area contributed by atoms with Gasteiger partial charge in [-0.05, 0) is 67.2 Å². The largest absolute Gasteiger partial charge is 0.444 e. The van der Waals surface area contributed by atoms with Crippen LogP contribution in [0.15, 0.2) is 0 Å². The molecule has 6 atom stereocenters. The monoisotopic (exact) mass is 510 g/mol. The van der Waals surface area contributed by atoms with E-state index in [1.165, 1.54) is 0 Å². The van der Waals surface area contributed by atoms with Gasteiger partial charge < -0.3 is 29.6 Å². The van der Waals surface area contributed by atoms with Gasteiger partial charge in [0, 0.05) is 35.8 Å². The van der Waals surface area contributed by atoms with Crippen molar-refractivity contribution in [2.75, 3.05) is 26.4 Å². The summed E-state index contributed by atoms with van der Waals surface area (Å²) in [5.41, 5.74) is -0.985. The van der Waals surface area contributed by atoms with E-state index in [-0.39, 0.29) is 35.8 Å². The summed E-state index contributed by atoms with van der Waals surface area (Å²) < 4.78 is 21.2. The summed E-state index contributed by atoms with van der Waals surface area (Å²) in [7, 11) is 0. The average molecular weight is 511 g/mol. The SMILES string of the molecule is CC(C)(C)OC(=O)NC1C[C@H]2COC[C@@H](C1)C2=O.CC(C)(C)OC(=O)NC1C[C@H]2COC[C@@H](C1)C2=O. The van der Waals surface area contributed by atoms with Crippen LogP contribution in [0.5, 0.6) is 0 Å². The summed E-state index contributed by atoms with van der Waals surface area (Å²) >= 11 is 0. The van der Waals surface area contributed by atoms with Crippen LogP contribution in [0.2, 0.25) is 0 Å². The van der Waals surface area contributed by atoms with Gasteiger partial charge in [0.1, 0.15) is 22.8 Å². The molecule has 204 valence electrons. The van der Waals surface area contributed by atoms with E-state index in [9.17, 15) is 19.2 Å². The summed E-state index contributed by atoms with van der Waals surface area (Å²) in [6.45, 7) is 12.9. The van der Waals surface area contributed by atoms with Gasteiger partial charge in [0.05, 0.1) is 26.4 Å². The first-order valence-electron chi connectivity index (χ1n) is 12.9. The topological polar surface area (TPSA) is 129 Å². The van der Waals surface area contributed by atoms with Crippen molar-refractivity contribution < 1.29 is 38.1 Å². The smallest absolute Gasteiger partial charge is 0.407 e. The second-order valence-electron chi connectivity index (χ2n) is 12.3. The van der Waals surface area contributed by atoms with Crippen molar-refractivity contribution in [3.05, 3.63) is 0 Å². The van der Waals surface area contributed by atoms with E-state index >= 15 is 0 Å². The molecule has 2 aliphatic heterocycles. The standard InChI is InChI=1S/2C13H21NO4/c2*1-13(2,3)18-12(16)14-10-4-8-6-17-7-9(5-10)11(8)15/h2*8-10H,4-7H2,1-3H3,(H,14,16)/t2*8-,9+,10?. The molecule has 2 saturated heterocycles. The van der Waals surface area contributed by atoms with E-state index < -0.39 is 23.4 Å². The number of amides is 2. The quantitative estimate of drug-likeness (QED) is 0.580. The number of hydrogen-bond acceptors (Lipinski definition) is 8. The zero-order chi connectivity index (χ0) is 26.7. The molecule has 4 bridgehead atoms. The van der Waals surface area contributed by atoms with E-state index in [0.717, 1.165) is 0 Å². The number of ether oxygens (including phenoxy) is 4. The van der Waals surface area contributed by atoms with Crippen molar-refractivity contribution in [2.45, 2.75) is 90.5 Å². The predicted molar refractivity (Wildman–Crippen MR) is 130 cm³/mol. The Morgan fingerprint density at radius 2 is 0.917 bits per heavy atom. The minimum Gasteiger partial charge on any atom is -0.444 e. The number of ketones is 2. The van der Waals surface area contributed by atoms with Crippen molar-refractivity contribution in [1.82, 2.24) is 10.6 Å². The lowest BCUT2D eigenvalue weighted by Gasteiger charge is -2.37. The first-order chi connectivity index (χ1) is 16.7. The third-order valence-corrected chi connectivity index (χ3v) is 6.60. The highest BCUT2D eigenvalue weighted by Gasteiger charge is 2.41. The third kappa shape index (κ3) is 8.44. The number of rotatable bonds is 2. The van der Waals surface area contributed by atoms with Crippen LogP contribution in [0, 0.1) is 23.7 Å². The molecule has 36 heavy (non-hydrogen) atoms. The van der Waals surface area contributed by atoms with Crippen LogP contribution in [0.3, 0.4) is 0 Å². The number of nitrogens with one attached hydrogen (secondary N) is 2. The number of alkyl carbamates (subject to hydrolysis) is 2. The van der Waals surface area contributed by atoms with Gasteiger partial charge in [0.2, 0.25) is 0 Å². The van der Waals surface area contributed by atoms with Crippen LogP contribution in [0.4, 0.5) is 9.59 Å². The van der Waals surface area contributed by atoms with Gasteiger partial charge in [0.25, 0.3) is 0 Å². The zero-order valence-electron chi connectivity index (χ0n) is 22.4. The summed E-state index contributed by atoms with van der Waals surface area (Å²) in [6.07, 6.45) is 1.84. The first kappa shape index (κ1) is 28.4. The van der Waals surface area contributed by atoms with Gasteiger partial charge in [-0.15, -0.1) is 0 Å². The van der Waals surface area contributed by atoms with Crippen LogP contribution in [-0.4, -0.2) is 73.5 Å². The lowest BCUT2D eigenvalue weighted by Crippen LogP contribution is -2.50. The Hall–Kier alpha value is -2.20. The molecule has 2 amide bonds. The molecular formula is C26H42N2O8. The third-order valence-electron chi connectivity index (χ3n) is 6.60. The maximum atomic E-state index is 11.8. The van der Waals surface area contributed by atoms with Gasteiger partial charge >= 0.3 is 12.2 Å². The molecule has 10 heteroatoms. The Morgan fingerprint density at radius 1 is 0.639 bits per heavy atom. The predicted octanol–water partition coefficient (Wildman–Crippen LogP) is 3.01. The molecule has 0 aromatic rings. The summed E-state index contributed by atoms with van der Waals surface area (Å²) in [4.78, 5) is 47.0. The molecule has 10 nitrogen and oxygen atoms in total. The summed E-state index contributed by atoms with van der Waals surface area (Å²) in [5, 5.41) is 5.71. The molecular weight excluding hydrogens is 468 g/mol. The molecule has 2 unspecified atom stereocenters. The number of fused-ring (bicyclic) bond motifs is 4. The summed E-state index contributed by atoms with van der Waals surface area (Å²) in [5.74, 6) is 0.358. The number of Topliss-reactive ketones (excluding diaryl/α,β-unsaturated/α-hetero) is 2. The lowest BCUT2D eigenvalue weighted by atomic mass is 9.76. The molecule has 4 aliphatic rings. The van der Waals surface area contributed by atoms with E-state index in [4.69, 9.17) is 18.9 Å². The molecule has 0 radical (unpaired) electrons. The Kier molecular flexibility index (Phi) is 9.03. The fraction of sp³-hybridized carbons (Fsp3) is 0.846. The number of hydrogen-bond donors (Lipinski definition) is 2. The van der Waals surface area contributed by atoms with E-state index in [0.29, 0.717) is 63.7 Å². The van der Waals surface area contributed by atoms with Gasteiger partial charge in [0.15, 0.2) is 0 Å². The molecule has 0 aromatic carbocycles. The molecule has 2 saturated carbocycles. The molecule has 2 heterocycles. The first-order valence-corrected chi connectivity index (χ1v) is 12.9. The highest BCUT2D eigenvalue weighted by molar-refractivity contribution is 5.86. The van der Waals surface area contributed by atoms with Gasteiger partial charge in [-0.1, -0.05) is 0 Å².